The normalized spacial score (nSPS) is 26.5. The van der Waals surface area contributed by atoms with Crippen molar-refractivity contribution >= 4 is 47.1 Å². The van der Waals surface area contributed by atoms with E-state index in [4.69, 9.17) is 29.0 Å². The molecule has 1 aromatic rings. The lowest BCUT2D eigenvalue weighted by atomic mass is 9.87. The zero-order valence-electron chi connectivity index (χ0n) is 13.4. The number of ether oxygens (including phenoxy) is 1. The number of rotatable bonds is 3. The molecule has 1 saturated heterocycles. The number of halogens is 1. The molecule has 2 heterocycles. The van der Waals surface area contributed by atoms with Crippen molar-refractivity contribution in [2.24, 2.45) is 0 Å². The highest BCUT2D eigenvalue weighted by Gasteiger charge is 2.50. The minimum atomic E-state index is -1.03. The number of benzene rings is 1. The summed E-state index contributed by atoms with van der Waals surface area (Å²) in [5, 5.41) is 0.526. The first-order valence-electron chi connectivity index (χ1n) is 7.56. The van der Waals surface area contributed by atoms with Crippen molar-refractivity contribution in [2.45, 2.75) is 23.0 Å². The second-order valence-electron chi connectivity index (χ2n) is 6.09. The number of hydrogen-bond acceptors (Lipinski definition) is 6. The van der Waals surface area contributed by atoms with Gasteiger partial charge in [-0.25, -0.2) is 4.79 Å². The maximum Gasteiger partial charge on any atom is 0.330 e. The molecule has 24 heavy (non-hydrogen) atoms. The SMILES string of the molecule is COC(=O)C(C)(c1ccccc1Cl)N1CC[C@@]2(S)SC(=O)C=C2C1. The van der Waals surface area contributed by atoms with Gasteiger partial charge in [0.2, 0.25) is 5.12 Å². The second-order valence-corrected chi connectivity index (χ2v) is 8.87. The molecule has 0 amide bonds. The van der Waals surface area contributed by atoms with Gasteiger partial charge < -0.3 is 4.74 Å². The number of thiol groups is 1. The Hall–Kier alpha value is -0.950. The average Bonchev–Trinajstić information content (AvgIpc) is 2.86. The monoisotopic (exact) mass is 383 g/mol. The molecule has 0 radical (unpaired) electrons. The van der Waals surface area contributed by atoms with Crippen LogP contribution in [0.3, 0.4) is 0 Å². The van der Waals surface area contributed by atoms with Crippen molar-refractivity contribution in [1.82, 2.24) is 4.90 Å². The van der Waals surface area contributed by atoms with Gasteiger partial charge in [0.25, 0.3) is 0 Å². The van der Waals surface area contributed by atoms with Crippen molar-refractivity contribution < 1.29 is 14.3 Å². The Morgan fingerprint density at radius 1 is 1.46 bits per heavy atom. The zero-order chi connectivity index (χ0) is 17.5. The molecule has 0 saturated carbocycles. The van der Waals surface area contributed by atoms with Crippen LogP contribution in [0.1, 0.15) is 18.9 Å². The van der Waals surface area contributed by atoms with Crippen LogP contribution in [0.15, 0.2) is 35.9 Å². The molecule has 128 valence electrons. The highest BCUT2D eigenvalue weighted by molar-refractivity contribution is 8.23. The van der Waals surface area contributed by atoms with Gasteiger partial charge in [0.1, 0.15) is 5.54 Å². The molecule has 2 atom stereocenters. The molecular weight excluding hydrogens is 366 g/mol. The largest absolute Gasteiger partial charge is 0.467 e. The van der Waals surface area contributed by atoms with E-state index in [9.17, 15) is 9.59 Å². The molecule has 0 aliphatic carbocycles. The van der Waals surface area contributed by atoms with Crippen LogP contribution in [0, 0.1) is 0 Å². The molecule has 2 aliphatic rings. The van der Waals surface area contributed by atoms with Crippen LogP contribution < -0.4 is 0 Å². The third-order valence-electron chi connectivity index (χ3n) is 4.76. The third-order valence-corrected chi connectivity index (χ3v) is 7.00. The van der Waals surface area contributed by atoms with Gasteiger partial charge in [-0.15, -0.1) is 0 Å². The van der Waals surface area contributed by atoms with E-state index in [1.54, 1.807) is 12.1 Å². The molecular formula is C17H18ClNO3S2. The molecule has 1 unspecified atom stereocenters. The maximum atomic E-state index is 12.7. The highest BCUT2D eigenvalue weighted by Crippen LogP contribution is 2.50. The van der Waals surface area contributed by atoms with E-state index < -0.39 is 9.62 Å². The van der Waals surface area contributed by atoms with E-state index in [0.717, 1.165) is 5.57 Å². The quantitative estimate of drug-likeness (QED) is 0.641. The van der Waals surface area contributed by atoms with Crippen molar-refractivity contribution in [1.29, 1.82) is 0 Å². The summed E-state index contributed by atoms with van der Waals surface area (Å²) in [4.78, 5) is 26.5. The molecule has 1 fully saturated rings. The average molecular weight is 384 g/mol. The van der Waals surface area contributed by atoms with E-state index in [1.807, 2.05) is 30.0 Å². The lowest BCUT2D eigenvalue weighted by Crippen LogP contribution is -2.55. The summed E-state index contributed by atoms with van der Waals surface area (Å²) in [6.07, 6.45) is 2.30. The van der Waals surface area contributed by atoms with Crippen molar-refractivity contribution in [2.75, 3.05) is 20.2 Å². The Balaban J connectivity index is 2.02. The number of nitrogens with zero attached hydrogens (tertiary/aromatic N) is 1. The van der Waals surface area contributed by atoms with E-state index in [0.29, 0.717) is 30.1 Å². The summed E-state index contributed by atoms with van der Waals surface area (Å²) >= 11 is 12.3. The van der Waals surface area contributed by atoms with Gasteiger partial charge in [0, 0.05) is 23.7 Å². The van der Waals surface area contributed by atoms with Gasteiger partial charge >= 0.3 is 5.97 Å². The molecule has 2 aliphatic heterocycles. The first-order chi connectivity index (χ1) is 11.3. The molecule has 3 rings (SSSR count). The molecule has 0 spiro atoms. The van der Waals surface area contributed by atoms with Gasteiger partial charge in [-0.2, -0.15) is 12.6 Å². The third kappa shape index (κ3) is 2.79. The van der Waals surface area contributed by atoms with Crippen LogP contribution in [0.5, 0.6) is 0 Å². The van der Waals surface area contributed by atoms with Crippen LogP contribution in [-0.2, 0) is 19.9 Å². The van der Waals surface area contributed by atoms with E-state index in [2.05, 4.69) is 0 Å². The van der Waals surface area contributed by atoms with Crippen molar-refractivity contribution in [3.63, 3.8) is 0 Å². The number of methoxy groups -OCH3 is 1. The number of esters is 1. The predicted octanol–water partition coefficient (Wildman–Crippen LogP) is 3.26. The predicted molar refractivity (Wildman–Crippen MR) is 99.4 cm³/mol. The second kappa shape index (κ2) is 6.41. The minimum absolute atomic E-state index is 0.0133. The van der Waals surface area contributed by atoms with Crippen molar-refractivity contribution in [3.8, 4) is 0 Å². The lowest BCUT2D eigenvalue weighted by Gasteiger charge is -2.45. The number of hydrogen-bond donors (Lipinski definition) is 1. The number of carbonyl (C=O) groups excluding carboxylic acids is 2. The van der Waals surface area contributed by atoms with E-state index in [1.165, 1.54) is 18.9 Å². The number of carbonyl (C=O) groups is 2. The maximum absolute atomic E-state index is 12.7. The highest BCUT2D eigenvalue weighted by atomic mass is 35.5. The van der Waals surface area contributed by atoms with Gasteiger partial charge in [0.05, 0.1) is 11.2 Å². The Bertz CT molecular complexity index is 738. The fraction of sp³-hybridized carbons (Fsp3) is 0.412. The van der Waals surface area contributed by atoms with Crippen LogP contribution in [0.2, 0.25) is 5.02 Å². The summed E-state index contributed by atoms with van der Waals surface area (Å²) in [5.41, 5.74) is 0.594. The number of fused-ring (bicyclic) bond motifs is 1. The first-order valence-corrected chi connectivity index (χ1v) is 9.20. The molecule has 1 aromatic carbocycles. The fourth-order valence-corrected chi connectivity index (χ4v) is 5.12. The van der Waals surface area contributed by atoms with E-state index in [-0.39, 0.29) is 11.1 Å². The Morgan fingerprint density at radius 2 is 2.17 bits per heavy atom. The Morgan fingerprint density at radius 3 is 2.83 bits per heavy atom. The van der Waals surface area contributed by atoms with Gasteiger partial charge in [-0.05, 0) is 31.1 Å². The summed E-state index contributed by atoms with van der Waals surface area (Å²) in [7, 11) is 1.37. The molecule has 7 heteroatoms. The van der Waals surface area contributed by atoms with Crippen molar-refractivity contribution in [3.05, 3.63) is 46.5 Å². The summed E-state index contributed by atoms with van der Waals surface area (Å²) in [6.45, 7) is 2.90. The molecule has 0 bridgehead atoms. The molecule has 0 aromatic heterocycles. The minimum Gasteiger partial charge on any atom is -0.467 e. The fourth-order valence-electron chi connectivity index (χ4n) is 3.31. The Labute approximate surface area is 156 Å². The summed E-state index contributed by atoms with van der Waals surface area (Å²) < 4.78 is 4.62. The van der Waals surface area contributed by atoms with Gasteiger partial charge in [-0.1, -0.05) is 41.6 Å². The van der Waals surface area contributed by atoms with Crippen LogP contribution in [-0.4, -0.2) is 40.3 Å². The lowest BCUT2D eigenvalue weighted by molar-refractivity contribution is -0.155. The summed E-state index contributed by atoms with van der Waals surface area (Å²) in [6, 6.07) is 7.28. The van der Waals surface area contributed by atoms with Gasteiger partial charge in [-0.3, -0.25) is 9.69 Å². The number of piperidine rings is 1. The number of thioether (sulfide) groups is 1. The Kier molecular flexibility index (Phi) is 4.77. The summed E-state index contributed by atoms with van der Waals surface area (Å²) in [5.74, 6) is -0.375. The smallest absolute Gasteiger partial charge is 0.330 e. The van der Waals surface area contributed by atoms with Crippen LogP contribution >= 0.6 is 36.0 Å². The van der Waals surface area contributed by atoms with Crippen LogP contribution in [0.4, 0.5) is 0 Å². The van der Waals surface area contributed by atoms with E-state index >= 15 is 0 Å². The first kappa shape index (κ1) is 17.9. The zero-order valence-corrected chi connectivity index (χ0v) is 15.9. The van der Waals surface area contributed by atoms with Gasteiger partial charge in [0.15, 0.2) is 0 Å². The molecule has 4 nitrogen and oxygen atoms in total. The number of likely N-dealkylation sites (tertiary alicyclic amines) is 1. The standard InChI is InChI=1S/C17H18ClNO3S2/c1-16(15(21)22-2,12-5-3-4-6-13(12)18)19-8-7-17(23)11(10-19)9-14(20)24-17/h3-6,9,23H,7-8,10H2,1-2H3/t16?,17-/m1/s1. The topological polar surface area (TPSA) is 46.6 Å². The molecule has 0 N–H and O–H groups in total. The van der Waals surface area contributed by atoms with Crippen LogP contribution in [0.25, 0.3) is 0 Å².